The first-order valence-electron chi connectivity index (χ1n) is 6.78. The Bertz CT molecular complexity index is 329. The monoisotopic (exact) mass is 307 g/mol. The molecule has 0 radical (unpaired) electrons. The Balaban J connectivity index is 0.00000361. The number of nitrogens with two attached hydrogens (primary N) is 1. The molecule has 6 nitrogen and oxygen atoms in total. The van der Waals surface area contributed by atoms with Crippen LogP contribution in [-0.4, -0.2) is 67.0 Å². The molecule has 0 bridgehead atoms. The zero-order valence-electron chi connectivity index (χ0n) is 12.6. The molecule has 1 unspecified atom stereocenters. The lowest BCUT2D eigenvalue weighted by atomic mass is 9.95. The van der Waals surface area contributed by atoms with Gasteiger partial charge in [-0.3, -0.25) is 14.5 Å². The molecule has 7 heteroatoms. The van der Waals surface area contributed by atoms with Crippen molar-refractivity contribution in [1.82, 2.24) is 9.80 Å². The minimum Gasteiger partial charge on any atom is -0.468 e. The smallest absolute Gasteiger partial charge is 0.319 e. The average molecular weight is 308 g/mol. The number of halogens is 1. The summed E-state index contributed by atoms with van der Waals surface area (Å²) in [5.74, 6) is -0.235. The van der Waals surface area contributed by atoms with Crippen molar-refractivity contribution >= 4 is 24.3 Å². The molecule has 1 saturated heterocycles. The van der Waals surface area contributed by atoms with E-state index >= 15 is 0 Å². The summed E-state index contributed by atoms with van der Waals surface area (Å²) in [4.78, 5) is 27.2. The molecule has 0 aromatic carbocycles. The number of methoxy groups -OCH3 is 1. The van der Waals surface area contributed by atoms with E-state index in [4.69, 9.17) is 5.73 Å². The first-order chi connectivity index (χ1) is 8.90. The summed E-state index contributed by atoms with van der Waals surface area (Å²) in [5.41, 5.74) is 5.28. The number of hydrogen-bond donors (Lipinski definition) is 1. The fraction of sp³-hybridized carbons (Fsp3) is 0.846. The van der Waals surface area contributed by atoms with Gasteiger partial charge in [-0.2, -0.15) is 0 Å². The second-order valence-electron chi connectivity index (χ2n) is 5.31. The number of piperazine rings is 1. The Morgan fingerprint density at radius 3 is 2.25 bits per heavy atom. The Hall–Kier alpha value is -0.850. The molecule has 0 aromatic rings. The van der Waals surface area contributed by atoms with Crippen molar-refractivity contribution in [2.45, 2.75) is 32.2 Å². The van der Waals surface area contributed by atoms with E-state index in [2.05, 4.69) is 4.74 Å². The Kier molecular flexibility index (Phi) is 8.08. The number of ether oxygens (including phenoxy) is 1. The van der Waals surface area contributed by atoms with Gasteiger partial charge in [0.1, 0.15) is 0 Å². The average Bonchev–Trinajstić information content (AvgIpc) is 2.38. The van der Waals surface area contributed by atoms with Crippen molar-refractivity contribution in [2.24, 2.45) is 5.73 Å². The van der Waals surface area contributed by atoms with Crippen LogP contribution in [0.3, 0.4) is 0 Å². The highest BCUT2D eigenvalue weighted by atomic mass is 35.5. The second-order valence-corrected chi connectivity index (χ2v) is 5.31. The summed E-state index contributed by atoms with van der Waals surface area (Å²) in [6, 6.07) is 0. The van der Waals surface area contributed by atoms with E-state index < -0.39 is 5.54 Å². The van der Waals surface area contributed by atoms with Crippen molar-refractivity contribution in [3.63, 3.8) is 0 Å². The minimum absolute atomic E-state index is 0. The molecule has 0 spiro atoms. The van der Waals surface area contributed by atoms with Gasteiger partial charge >= 0.3 is 5.97 Å². The van der Waals surface area contributed by atoms with Gasteiger partial charge in [-0.25, -0.2) is 0 Å². The van der Waals surface area contributed by atoms with Crippen LogP contribution in [0, 0.1) is 0 Å². The van der Waals surface area contributed by atoms with Gasteiger partial charge in [0.2, 0.25) is 5.91 Å². The molecule has 1 rings (SSSR count). The topological polar surface area (TPSA) is 75.9 Å². The molecule has 1 atom stereocenters. The number of carbonyl (C=O) groups excluding carboxylic acids is 2. The van der Waals surface area contributed by atoms with Gasteiger partial charge in [0.05, 0.1) is 19.2 Å². The molecule has 1 fully saturated rings. The number of amides is 1. The molecule has 0 aromatic heterocycles. The van der Waals surface area contributed by atoms with Crippen LogP contribution in [0.15, 0.2) is 0 Å². The maximum absolute atomic E-state index is 12.3. The highest BCUT2D eigenvalue weighted by molar-refractivity contribution is 5.86. The normalized spacial score (nSPS) is 18.9. The van der Waals surface area contributed by atoms with E-state index in [-0.39, 0.29) is 30.8 Å². The molecule has 2 N–H and O–H groups in total. The molecule has 0 aliphatic carbocycles. The van der Waals surface area contributed by atoms with Gasteiger partial charge in [-0.05, 0) is 13.3 Å². The number of carbonyl (C=O) groups is 2. The highest BCUT2D eigenvalue weighted by Gasteiger charge is 2.33. The van der Waals surface area contributed by atoms with E-state index in [1.54, 1.807) is 11.8 Å². The van der Waals surface area contributed by atoms with Crippen LogP contribution >= 0.6 is 12.4 Å². The lowest BCUT2D eigenvalue weighted by molar-refractivity contribution is -0.143. The standard InChI is InChI=1S/C13H25N3O3.ClH/c1-4-5-13(2,14)12(18)16-8-6-15(7-9-16)10-11(17)19-3;/h4-10,14H2,1-3H3;1H. The summed E-state index contributed by atoms with van der Waals surface area (Å²) >= 11 is 0. The van der Waals surface area contributed by atoms with Gasteiger partial charge in [0.25, 0.3) is 0 Å². The van der Waals surface area contributed by atoms with E-state index in [9.17, 15) is 9.59 Å². The third kappa shape index (κ3) is 5.26. The second kappa shape index (κ2) is 8.44. The predicted molar refractivity (Wildman–Crippen MR) is 79.8 cm³/mol. The number of nitrogens with zero attached hydrogens (tertiary/aromatic N) is 2. The molecule has 1 aliphatic rings. The van der Waals surface area contributed by atoms with Gasteiger partial charge in [-0.1, -0.05) is 13.3 Å². The zero-order chi connectivity index (χ0) is 14.5. The van der Waals surface area contributed by atoms with Crippen LogP contribution in [0.2, 0.25) is 0 Å². The van der Waals surface area contributed by atoms with Gasteiger partial charge < -0.3 is 15.4 Å². The van der Waals surface area contributed by atoms with Crippen molar-refractivity contribution in [1.29, 1.82) is 0 Å². The molecule has 20 heavy (non-hydrogen) atoms. The third-order valence-corrected chi connectivity index (χ3v) is 3.50. The molecule has 1 amide bonds. The van der Waals surface area contributed by atoms with E-state index in [1.165, 1.54) is 7.11 Å². The van der Waals surface area contributed by atoms with Crippen molar-refractivity contribution in [3.05, 3.63) is 0 Å². The van der Waals surface area contributed by atoms with E-state index in [0.717, 1.165) is 6.42 Å². The molecular formula is C13H26ClN3O3. The summed E-state index contributed by atoms with van der Waals surface area (Å²) < 4.78 is 4.63. The SMILES string of the molecule is CCCC(C)(N)C(=O)N1CCN(CC(=O)OC)CC1.Cl. The molecule has 0 saturated carbocycles. The van der Waals surface area contributed by atoms with E-state index in [1.807, 2.05) is 11.8 Å². The summed E-state index contributed by atoms with van der Waals surface area (Å²) in [6.45, 7) is 6.70. The highest BCUT2D eigenvalue weighted by Crippen LogP contribution is 2.14. The summed E-state index contributed by atoms with van der Waals surface area (Å²) in [6.07, 6.45) is 1.58. The maximum Gasteiger partial charge on any atom is 0.319 e. The number of rotatable bonds is 5. The lowest BCUT2D eigenvalue weighted by Crippen LogP contribution is -2.58. The molecule has 1 heterocycles. The van der Waals surface area contributed by atoms with E-state index in [0.29, 0.717) is 32.6 Å². The fourth-order valence-electron chi connectivity index (χ4n) is 2.34. The fourth-order valence-corrected chi connectivity index (χ4v) is 2.34. The van der Waals surface area contributed by atoms with Gasteiger partial charge in [-0.15, -0.1) is 12.4 Å². The van der Waals surface area contributed by atoms with Gasteiger partial charge in [0.15, 0.2) is 0 Å². The van der Waals surface area contributed by atoms with Crippen molar-refractivity contribution in [2.75, 3.05) is 39.8 Å². The van der Waals surface area contributed by atoms with Crippen molar-refractivity contribution < 1.29 is 14.3 Å². The molecule has 1 aliphatic heterocycles. The zero-order valence-corrected chi connectivity index (χ0v) is 13.4. The van der Waals surface area contributed by atoms with Crippen LogP contribution in [0.4, 0.5) is 0 Å². The Labute approximate surface area is 127 Å². The van der Waals surface area contributed by atoms with Crippen LogP contribution < -0.4 is 5.73 Å². The molecular weight excluding hydrogens is 282 g/mol. The minimum atomic E-state index is -0.779. The Morgan fingerprint density at radius 1 is 1.25 bits per heavy atom. The van der Waals surface area contributed by atoms with Crippen LogP contribution in [-0.2, 0) is 14.3 Å². The number of esters is 1. The van der Waals surface area contributed by atoms with Crippen LogP contribution in [0.5, 0.6) is 0 Å². The lowest BCUT2D eigenvalue weighted by Gasteiger charge is -2.38. The first-order valence-corrected chi connectivity index (χ1v) is 6.78. The molecule has 118 valence electrons. The largest absolute Gasteiger partial charge is 0.468 e. The van der Waals surface area contributed by atoms with Crippen molar-refractivity contribution in [3.8, 4) is 0 Å². The summed E-state index contributed by atoms with van der Waals surface area (Å²) in [7, 11) is 1.38. The van der Waals surface area contributed by atoms with Crippen LogP contribution in [0.1, 0.15) is 26.7 Å². The number of hydrogen-bond acceptors (Lipinski definition) is 5. The summed E-state index contributed by atoms with van der Waals surface area (Å²) in [5, 5.41) is 0. The Morgan fingerprint density at radius 2 is 1.80 bits per heavy atom. The van der Waals surface area contributed by atoms with Crippen LogP contribution in [0.25, 0.3) is 0 Å². The first kappa shape index (κ1) is 19.1. The predicted octanol–water partition coefficient (Wildman–Crippen LogP) is 0.243. The quantitative estimate of drug-likeness (QED) is 0.737. The maximum atomic E-state index is 12.3. The van der Waals surface area contributed by atoms with Gasteiger partial charge in [0, 0.05) is 26.2 Å². The third-order valence-electron chi connectivity index (χ3n) is 3.50.